The van der Waals surface area contributed by atoms with Crippen LogP contribution in [0.3, 0.4) is 0 Å². The van der Waals surface area contributed by atoms with Crippen molar-refractivity contribution in [3.8, 4) is 5.75 Å². The highest BCUT2D eigenvalue weighted by Gasteiger charge is 2.09. The molecule has 0 spiro atoms. The van der Waals surface area contributed by atoms with Gasteiger partial charge in [-0.3, -0.25) is 4.98 Å². The molecule has 0 radical (unpaired) electrons. The molecule has 3 N–H and O–H groups in total. The minimum Gasteiger partial charge on any atom is -0.497 e. The van der Waals surface area contributed by atoms with E-state index in [1.807, 2.05) is 36.4 Å². The Morgan fingerprint density at radius 1 is 1.08 bits per heavy atom. The summed E-state index contributed by atoms with van der Waals surface area (Å²) < 4.78 is 5.20. The number of hydrogen-bond donors (Lipinski definition) is 3. The molecule has 3 rings (SSSR count). The molecule has 0 fully saturated rings. The SMILES string of the molecule is COc1cccc(Nc2nccc(NCC(O)c3ccccn3)n2)c1. The number of pyridine rings is 1. The first-order valence-corrected chi connectivity index (χ1v) is 7.81. The molecule has 1 unspecified atom stereocenters. The number of aliphatic hydroxyl groups excluding tert-OH is 1. The van der Waals surface area contributed by atoms with E-state index < -0.39 is 6.10 Å². The van der Waals surface area contributed by atoms with Crippen LogP contribution in [0.1, 0.15) is 11.8 Å². The summed E-state index contributed by atoms with van der Waals surface area (Å²) in [7, 11) is 1.62. The van der Waals surface area contributed by atoms with Crippen molar-refractivity contribution in [1.29, 1.82) is 0 Å². The third-order valence-corrected chi connectivity index (χ3v) is 3.49. The number of methoxy groups -OCH3 is 1. The molecule has 1 atom stereocenters. The fourth-order valence-corrected chi connectivity index (χ4v) is 2.23. The Balaban J connectivity index is 1.63. The molecule has 128 valence electrons. The van der Waals surface area contributed by atoms with Gasteiger partial charge in [-0.1, -0.05) is 12.1 Å². The van der Waals surface area contributed by atoms with Crippen LogP contribution in [0, 0.1) is 0 Å². The monoisotopic (exact) mass is 337 g/mol. The molecule has 7 nitrogen and oxygen atoms in total. The summed E-state index contributed by atoms with van der Waals surface area (Å²) in [6.07, 6.45) is 2.58. The van der Waals surface area contributed by atoms with Gasteiger partial charge in [-0.2, -0.15) is 4.98 Å². The second-order valence-electron chi connectivity index (χ2n) is 5.27. The number of nitrogens with zero attached hydrogens (tertiary/aromatic N) is 3. The van der Waals surface area contributed by atoms with E-state index >= 15 is 0 Å². The van der Waals surface area contributed by atoms with Crippen LogP contribution in [0.4, 0.5) is 17.5 Å². The number of nitrogens with one attached hydrogen (secondary N) is 2. The summed E-state index contributed by atoms with van der Waals surface area (Å²) in [4.78, 5) is 12.7. The van der Waals surface area contributed by atoms with Gasteiger partial charge in [0.2, 0.25) is 5.95 Å². The zero-order valence-electron chi connectivity index (χ0n) is 13.8. The lowest BCUT2D eigenvalue weighted by Gasteiger charge is -2.12. The molecule has 0 aliphatic carbocycles. The Morgan fingerprint density at radius 3 is 2.80 bits per heavy atom. The maximum Gasteiger partial charge on any atom is 0.229 e. The minimum absolute atomic E-state index is 0.298. The van der Waals surface area contributed by atoms with Gasteiger partial charge >= 0.3 is 0 Å². The van der Waals surface area contributed by atoms with Crippen LogP contribution < -0.4 is 15.4 Å². The van der Waals surface area contributed by atoms with Gasteiger partial charge in [0.1, 0.15) is 17.7 Å². The van der Waals surface area contributed by atoms with Gasteiger partial charge < -0.3 is 20.5 Å². The number of aliphatic hydroxyl groups is 1. The van der Waals surface area contributed by atoms with Crippen LogP contribution in [-0.2, 0) is 0 Å². The van der Waals surface area contributed by atoms with E-state index in [0.717, 1.165) is 11.4 Å². The van der Waals surface area contributed by atoms with E-state index in [4.69, 9.17) is 4.74 Å². The van der Waals surface area contributed by atoms with Gasteiger partial charge in [0.25, 0.3) is 0 Å². The maximum atomic E-state index is 10.1. The summed E-state index contributed by atoms with van der Waals surface area (Å²) in [6, 6.07) is 14.7. The predicted molar refractivity (Wildman–Crippen MR) is 96.0 cm³/mol. The Hall–Kier alpha value is -3.19. The van der Waals surface area contributed by atoms with Crippen LogP contribution >= 0.6 is 0 Å². The quantitative estimate of drug-likeness (QED) is 0.610. The van der Waals surface area contributed by atoms with Crippen molar-refractivity contribution in [2.45, 2.75) is 6.10 Å². The summed E-state index contributed by atoms with van der Waals surface area (Å²) in [5, 5.41) is 16.4. The number of aromatic nitrogens is 3. The molecule has 25 heavy (non-hydrogen) atoms. The zero-order valence-corrected chi connectivity index (χ0v) is 13.8. The first-order chi connectivity index (χ1) is 12.2. The zero-order chi connectivity index (χ0) is 17.5. The Morgan fingerprint density at radius 2 is 2.00 bits per heavy atom. The number of rotatable bonds is 7. The lowest BCUT2D eigenvalue weighted by Crippen LogP contribution is -2.14. The molecule has 3 aromatic rings. The largest absolute Gasteiger partial charge is 0.497 e. The van der Waals surface area contributed by atoms with Gasteiger partial charge in [-0.25, -0.2) is 4.98 Å². The molecule has 0 aliphatic rings. The fourth-order valence-electron chi connectivity index (χ4n) is 2.23. The van der Waals surface area contributed by atoms with Crippen LogP contribution in [0.15, 0.2) is 60.9 Å². The molecule has 2 aromatic heterocycles. The molecule has 1 aromatic carbocycles. The highest BCUT2D eigenvalue weighted by atomic mass is 16.5. The summed E-state index contributed by atoms with van der Waals surface area (Å²) >= 11 is 0. The average Bonchev–Trinajstić information content (AvgIpc) is 2.67. The van der Waals surface area contributed by atoms with Crippen molar-refractivity contribution in [1.82, 2.24) is 15.0 Å². The molecular weight excluding hydrogens is 318 g/mol. The van der Waals surface area contributed by atoms with Gasteiger partial charge in [-0.05, 0) is 30.3 Å². The summed E-state index contributed by atoms with van der Waals surface area (Å²) in [5.74, 6) is 1.80. The molecule has 0 saturated carbocycles. The normalized spacial score (nSPS) is 11.6. The van der Waals surface area contributed by atoms with Gasteiger partial charge in [-0.15, -0.1) is 0 Å². The van der Waals surface area contributed by atoms with E-state index in [0.29, 0.717) is 24.0 Å². The fraction of sp³-hybridized carbons (Fsp3) is 0.167. The third-order valence-electron chi connectivity index (χ3n) is 3.49. The van der Waals surface area contributed by atoms with Crippen molar-refractivity contribution in [2.24, 2.45) is 0 Å². The molecule has 0 amide bonds. The Labute approximate surface area is 145 Å². The van der Waals surface area contributed by atoms with Gasteiger partial charge in [0.05, 0.1) is 12.8 Å². The van der Waals surface area contributed by atoms with Crippen molar-refractivity contribution in [3.63, 3.8) is 0 Å². The molecule has 0 saturated heterocycles. The van der Waals surface area contributed by atoms with Gasteiger partial charge in [0.15, 0.2) is 0 Å². The standard InChI is InChI=1S/C18H19N5O2/c1-25-14-6-4-5-13(11-14)22-18-20-10-8-17(23-18)21-12-16(24)15-7-2-3-9-19-15/h2-11,16,24H,12H2,1H3,(H2,20,21,22,23). The van der Waals surface area contributed by atoms with Crippen LogP contribution in [0.25, 0.3) is 0 Å². The van der Waals surface area contributed by atoms with Crippen molar-refractivity contribution < 1.29 is 9.84 Å². The topological polar surface area (TPSA) is 92.2 Å². The Kier molecular flexibility index (Phi) is 5.38. The lowest BCUT2D eigenvalue weighted by atomic mass is 10.2. The van der Waals surface area contributed by atoms with E-state index in [2.05, 4.69) is 25.6 Å². The predicted octanol–water partition coefficient (Wildman–Crippen LogP) is 2.77. The van der Waals surface area contributed by atoms with E-state index in [1.54, 1.807) is 31.6 Å². The molecule has 2 heterocycles. The number of hydrogen-bond acceptors (Lipinski definition) is 7. The average molecular weight is 337 g/mol. The highest BCUT2D eigenvalue weighted by molar-refractivity contribution is 5.56. The van der Waals surface area contributed by atoms with Crippen molar-refractivity contribution in [2.75, 3.05) is 24.3 Å². The van der Waals surface area contributed by atoms with Gasteiger partial charge in [0, 0.05) is 30.7 Å². The maximum absolute atomic E-state index is 10.1. The third kappa shape index (κ3) is 4.65. The van der Waals surface area contributed by atoms with Crippen molar-refractivity contribution >= 4 is 17.5 Å². The van der Waals surface area contributed by atoms with E-state index in [1.165, 1.54) is 0 Å². The van der Waals surface area contributed by atoms with Crippen LogP contribution in [-0.4, -0.2) is 33.7 Å². The first-order valence-electron chi connectivity index (χ1n) is 7.81. The first kappa shape index (κ1) is 16.7. The summed E-state index contributed by atoms with van der Waals surface area (Å²) in [6.45, 7) is 0.298. The van der Waals surface area contributed by atoms with Crippen molar-refractivity contribution in [3.05, 3.63) is 66.6 Å². The molecule has 0 aliphatic heterocycles. The lowest BCUT2D eigenvalue weighted by molar-refractivity contribution is 0.186. The molecule has 7 heteroatoms. The highest BCUT2D eigenvalue weighted by Crippen LogP contribution is 2.20. The Bertz CT molecular complexity index is 813. The number of anilines is 3. The molecule has 0 bridgehead atoms. The number of benzene rings is 1. The summed E-state index contributed by atoms with van der Waals surface area (Å²) in [5.41, 5.74) is 1.43. The molecular formula is C18H19N5O2. The van der Waals surface area contributed by atoms with E-state index in [-0.39, 0.29) is 0 Å². The second-order valence-corrected chi connectivity index (χ2v) is 5.27. The smallest absolute Gasteiger partial charge is 0.229 e. The second kappa shape index (κ2) is 8.07. The minimum atomic E-state index is -0.717. The van der Waals surface area contributed by atoms with Crippen LogP contribution in [0.5, 0.6) is 5.75 Å². The number of ether oxygens (including phenoxy) is 1. The van der Waals surface area contributed by atoms with E-state index in [9.17, 15) is 5.11 Å². The van der Waals surface area contributed by atoms with Crippen LogP contribution in [0.2, 0.25) is 0 Å².